The molecule has 1 aliphatic heterocycles. The van der Waals surface area contributed by atoms with Crippen molar-refractivity contribution in [2.24, 2.45) is 7.05 Å². The van der Waals surface area contributed by atoms with E-state index in [1.807, 2.05) is 14.0 Å². The van der Waals surface area contributed by atoms with Crippen LogP contribution in [0.15, 0.2) is 0 Å². The van der Waals surface area contributed by atoms with Gasteiger partial charge in [0.1, 0.15) is 5.15 Å². The fourth-order valence-corrected chi connectivity index (χ4v) is 1.91. The summed E-state index contributed by atoms with van der Waals surface area (Å²) in [6, 6.07) is 0. The lowest BCUT2D eigenvalue weighted by Gasteiger charge is -2.09. The van der Waals surface area contributed by atoms with Gasteiger partial charge in [0.15, 0.2) is 0 Å². The molecule has 1 saturated heterocycles. The van der Waals surface area contributed by atoms with Crippen LogP contribution in [0.1, 0.15) is 17.7 Å². The molecule has 1 aromatic heterocycles. The van der Waals surface area contributed by atoms with Crippen LogP contribution in [0.25, 0.3) is 0 Å². The third-order valence-corrected chi connectivity index (χ3v) is 3.09. The lowest BCUT2D eigenvalue weighted by atomic mass is 10.2. The molecule has 0 radical (unpaired) electrons. The summed E-state index contributed by atoms with van der Waals surface area (Å²) in [5.41, 5.74) is 1.91. The Labute approximate surface area is 94.1 Å². The SMILES string of the molecule is Cc1nn(C)c(Cl)c1COC1CCOC1. The minimum atomic E-state index is 0.209. The molecule has 2 rings (SSSR count). The predicted octanol–water partition coefficient (Wildman–Crippen LogP) is 1.69. The second kappa shape index (κ2) is 4.51. The Morgan fingerprint density at radius 1 is 1.67 bits per heavy atom. The van der Waals surface area contributed by atoms with Gasteiger partial charge in [-0.1, -0.05) is 11.6 Å². The zero-order valence-corrected chi connectivity index (χ0v) is 9.75. The smallest absolute Gasteiger partial charge is 0.132 e. The van der Waals surface area contributed by atoms with Gasteiger partial charge in [-0.05, 0) is 13.3 Å². The minimum absolute atomic E-state index is 0.209. The molecule has 1 aromatic rings. The second-order valence-electron chi connectivity index (χ2n) is 3.77. The van der Waals surface area contributed by atoms with Crippen LogP contribution in [0, 0.1) is 6.92 Å². The Bertz CT molecular complexity index is 345. The zero-order chi connectivity index (χ0) is 10.8. The highest BCUT2D eigenvalue weighted by molar-refractivity contribution is 6.30. The lowest BCUT2D eigenvalue weighted by Crippen LogP contribution is -2.12. The first kappa shape index (κ1) is 10.9. The number of ether oxygens (including phenoxy) is 2. The van der Waals surface area contributed by atoms with E-state index >= 15 is 0 Å². The molecule has 0 amide bonds. The molecule has 0 bridgehead atoms. The van der Waals surface area contributed by atoms with Crippen molar-refractivity contribution in [2.75, 3.05) is 13.2 Å². The molecule has 15 heavy (non-hydrogen) atoms. The van der Waals surface area contributed by atoms with E-state index in [1.165, 1.54) is 0 Å². The van der Waals surface area contributed by atoms with Crippen LogP contribution < -0.4 is 0 Å². The number of rotatable bonds is 3. The minimum Gasteiger partial charge on any atom is -0.379 e. The van der Waals surface area contributed by atoms with Crippen molar-refractivity contribution in [2.45, 2.75) is 26.1 Å². The van der Waals surface area contributed by atoms with E-state index in [-0.39, 0.29) is 6.10 Å². The average Bonchev–Trinajstić information content (AvgIpc) is 2.76. The van der Waals surface area contributed by atoms with E-state index in [9.17, 15) is 0 Å². The summed E-state index contributed by atoms with van der Waals surface area (Å²) in [6.45, 7) is 3.95. The van der Waals surface area contributed by atoms with Crippen molar-refractivity contribution in [1.82, 2.24) is 9.78 Å². The van der Waals surface area contributed by atoms with E-state index in [4.69, 9.17) is 21.1 Å². The number of halogens is 1. The van der Waals surface area contributed by atoms with E-state index in [1.54, 1.807) is 4.68 Å². The summed E-state index contributed by atoms with van der Waals surface area (Å²) < 4.78 is 12.6. The van der Waals surface area contributed by atoms with Gasteiger partial charge in [-0.2, -0.15) is 5.10 Å². The Hall–Kier alpha value is -0.580. The molecular weight excluding hydrogens is 216 g/mol. The Balaban J connectivity index is 1.97. The number of aromatic nitrogens is 2. The molecule has 1 aliphatic rings. The van der Waals surface area contributed by atoms with Crippen LogP contribution in [-0.2, 0) is 23.1 Å². The maximum atomic E-state index is 6.09. The van der Waals surface area contributed by atoms with E-state index in [0.717, 1.165) is 24.3 Å². The molecule has 0 spiro atoms. The van der Waals surface area contributed by atoms with Gasteiger partial charge in [-0.15, -0.1) is 0 Å². The molecule has 2 heterocycles. The maximum Gasteiger partial charge on any atom is 0.132 e. The number of hydrogen-bond acceptors (Lipinski definition) is 3. The first-order chi connectivity index (χ1) is 7.18. The van der Waals surface area contributed by atoms with Crippen molar-refractivity contribution >= 4 is 11.6 Å². The molecule has 1 unspecified atom stereocenters. The summed E-state index contributed by atoms with van der Waals surface area (Å²) in [5.74, 6) is 0. The van der Waals surface area contributed by atoms with Crippen molar-refractivity contribution in [1.29, 1.82) is 0 Å². The molecular formula is C10H15ClN2O2. The molecule has 84 valence electrons. The summed E-state index contributed by atoms with van der Waals surface area (Å²) in [6.07, 6.45) is 1.18. The van der Waals surface area contributed by atoms with Gasteiger partial charge in [0.2, 0.25) is 0 Å². The Morgan fingerprint density at radius 3 is 3.00 bits per heavy atom. The van der Waals surface area contributed by atoms with Crippen LogP contribution in [0.5, 0.6) is 0 Å². The second-order valence-corrected chi connectivity index (χ2v) is 4.13. The summed E-state index contributed by atoms with van der Waals surface area (Å²) in [7, 11) is 1.83. The van der Waals surface area contributed by atoms with Crippen LogP contribution in [0.2, 0.25) is 5.15 Å². The zero-order valence-electron chi connectivity index (χ0n) is 8.99. The molecule has 4 nitrogen and oxygen atoms in total. The van der Waals surface area contributed by atoms with Crippen molar-refractivity contribution in [3.8, 4) is 0 Å². The van der Waals surface area contributed by atoms with Crippen LogP contribution in [0.4, 0.5) is 0 Å². The average molecular weight is 231 g/mol. The standard InChI is InChI=1S/C10H15ClN2O2/c1-7-9(10(11)13(2)12-7)6-15-8-3-4-14-5-8/h8H,3-6H2,1-2H3. The number of nitrogens with zero attached hydrogens (tertiary/aromatic N) is 2. The fourth-order valence-electron chi connectivity index (χ4n) is 1.68. The molecule has 0 saturated carbocycles. The van der Waals surface area contributed by atoms with Gasteiger partial charge < -0.3 is 9.47 Å². The third-order valence-electron chi connectivity index (χ3n) is 2.62. The van der Waals surface area contributed by atoms with Crippen LogP contribution in [-0.4, -0.2) is 29.1 Å². The van der Waals surface area contributed by atoms with E-state index in [0.29, 0.717) is 18.4 Å². The highest BCUT2D eigenvalue weighted by atomic mass is 35.5. The Kier molecular flexibility index (Phi) is 3.29. The summed E-state index contributed by atoms with van der Waals surface area (Å²) in [5, 5.41) is 4.89. The van der Waals surface area contributed by atoms with Gasteiger partial charge in [0, 0.05) is 19.2 Å². The highest BCUT2D eigenvalue weighted by Gasteiger charge is 2.18. The Morgan fingerprint density at radius 2 is 2.47 bits per heavy atom. The van der Waals surface area contributed by atoms with Crippen LogP contribution >= 0.6 is 11.6 Å². The van der Waals surface area contributed by atoms with Gasteiger partial charge in [-0.25, -0.2) is 0 Å². The largest absolute Gasteiger partial charge is 0.379 e. The van der Waals surface area contributed by atoms with Gasteiger partial charge in [0.25, 0.3) is 0 Å². The number of aryl methyl sites for hydroxylation is 2. The monoisotopic (exact) mass is 230 g/mol. The molecule has 0 aliphatic carbocycles. The molecule has 5 heteroatoms. The molecule has 1 fully saturated rings. The fraction of sp³-hybridized carbons (Fsp3) is 0.700. The summed E-state index contributed by atoms with van der Waals surface area (Å²) >= 11 is 6.09. The van der Waals surface area contributed by atoms with Gasteiger partial charge in [0.05, 0.1) is 25.0 Å². The van der Waals surface area contributed by atoms with E-state index < -0.39 is 0 Å². The topological polar surface area (TPSA) is 36.3 Å². The molecule has 0 N–H and O–H groups in total. The van der Waals surface area contributed by atoms with Gasteiger partial charge in [-0.3, -0.25) is 4.68 Å². The quantitative estimate of drug-likeness (QED) is 0.793. The van der Waals surface area contributed by atoms with Gasteiger partial charge >= 0.3 is 0 Å². The van der Waals surface area contributed by atoms with E-state index in [2.05, 4.69) is 5.10 Å². The first-order valence-electron chi connectivity index (χ1n) is 5.06. The maximum absolute atomic E-state index is 6.09. The van der Waals surface area contributed by atoms with Crippen molar-refractivity contribution in [3.63, 3.8) is 0 Å². The summed E-state index contributed by atoms with van der Waals surface area (Å²) in [4.78, 5) is 0. The number of hydrogen-bond donors (Lipinski definition) is 0. The lowest BCUT2D eigenvalue weighted by molar-refractivity contribution is 0.0315. The van der Waals surface area contributed by atoms with Crippen molar-refractivity contribution in [3.05, 3.63) is 16.4 Å². The predicted molar refractivity (Wildman–Crippen MR) is 57.0 cm³/mol. The highest BCUT2D eigenvalue weighted by Crippen LogP contribution is 2.21. The van der Waals surface area contributed by atoms with Crippen molar-refractivity contribution < 1.29 is 9.47 Å². The molecule has 1 atom stereocenters. The first-order valence-corrected chi connectivity index (χ1v) is 5.43. The third kappa shape index (κ3) is 2.33. The normalized spacial score (nSPS) is 21.1. The van der Waals surface area contributed by atoms with Crippen LogP contribution in [0.3, 0.4) is 0 Å². The molecule has 0 aromatic carbocycles.